The Bertz CT molecular complexity index is 805. The van der Waals surface area contributed by atoms with Crippen LogP contribution < -0.4 is 15.9 Å². The fourth-order valence-electron chi connectivity index (χ4n) is 3.73. The second-order valence-electron chi connectivity index (χ2n) is 9.50. The predicted molar refractivity (Wildman–Crippen MR) is 138 cm³/mol. The van der Waals surface area contributed by atoms with Crippen molar-refractivity contribution in [3.63, 3.8) is 0 Å². The van der Waals surface area contributed by atoms with E-state index < -0.39 is 15.6 Å². The average Bonchev–Trinajstić information content (AvgIpc) is 2.75. The van der Waals surface area contributed by atoms with Gasteiger partial charge in [0.05, 0.1) is 6.16 Å². The Morgan fingerprint density at radius 3 is 1.37 bits per heavy atom. The molecule has 1 nitrogen and oxygen atoms in total. The van der Waals surface area contributed by atoms with Crippen LogP contribution in [0, 0.1) is 0 Å². The van der Waals surface area contributed by atoms with E-state index >= 15 is 0 Å². The van der Waals surface area contributed by atoms with E-state index in [1.54, 1.807) is 0 Å². The second-order valence-corrected chi connectivity index (χ2v) is 17.9. The summed E-state index contributed by atoms with van der Waals surface area (Å²) in [5.41, 5.74) is 0. The minimum atomic E-state index is -1.74. The summed E-state index contributed by atoms with van der Waals surface area (Å²) in [4.78, 5) is 0. The smallest absolute Gasteiger partial charge is 0.191 e. The van der Waals surface area contributed by atoms with Gasteiger partial charge in [0.1, 0.15) is 23.2 Å². The van der Waals surface area contributed by atoms with Gasteiger partial charge in [0, 0.05) is 13.0 Å². The van der Waals surface area contributed by atoms with E-state index in [1.165, 1.54) is 15.9 Å². The normalized spacial score (nSPS) is 12.7. The van der Waals surface area contributed by atoms with Gasteiger partial charge in [0.25, 0.3) is 0 Å². The Labute approximate surface area is 185 Å². The Kier molecular flexibility index (Phi) is 7.34. The lowest BCUT2D eigenvalue weighted by Crippen LogP contribution is -2.41. The topological polar surface area (TPSA) is 9.23 Å². The van der Waals surface area contributed by atoms with E-state index in [0.29, 0.717) is 0 Å². The Morgan fingerprint density at radius 1 is 0.667 bits per heavy atom. The van der Waals surface area contributed by atoms with E-state index in [1.807, 2.05) is 0 Å². The molecule has 0 aliphatic rings. The molecule has 0 bridgehead atoms. The lowest BCUT2D eigenvalue weighted by Gasteiger charge is -2.36. The Hall–Kier alpha value is -1.73. The summed E-state index contributed by atoms with van der Waals surface area (Å²) >= 11 is 0. The van der Waals surface area contributed by atoms with Crippen LogP contribution in [-0.4, -0.2) is 21.1 Å². The molecule has 0 aliphatic heterocycles. The van der Waals surface area contributed by atoms with Crippen LogP contribution in [0.25, 0.3) is 0 Å². The molecule has 3 rings (SSSR count). The molecule has 3 heteroatoms. The molecule has 0 heterocycles. The van der Waals surface area contributed by atoms with E-state index in [9.17, 15) is 0 Å². The Balaban J connectivity index is 1.98. The van der Waals surface area contributed by atoms with Crippen LogP contribution in [0.3, 0.4) is 0 Å². The van der Waals surface area contributed by atoms with Crippen molar-refractivity contribution < 1.29 is 4.43 Å². The summed E-state index contributed by atoms with van der Waals surface area (Å²) in [6.07, 6.45) is 2.19. The maximum Gasteiger partial charge on any atom is 0.191 e. The minimum absolute atomic E-state index is 0.248. The van der Waals surface area contributed by atoms with Gasteiger partial charge in [-0.2, -0.15) is 0 Å². The van der Waals surface area contributed by atoms with Crippen molar-refractivity contribution in [2.24, 2.45) is 0 Å². The van der Waals surface area contributed by atoms with E-state index in [2.05, 4.69) is 125 Å². The molecule has 0 fully saturated rings. The SMILES string of the molecule is CC(C)(C)[Si](C)(C)OCCC[P+](c1ccccc1)(c1ccccc1)c1ccccc1. The lowest BCUT2D eigenvalue weighted by molar-refractivity contribution is 0.289. The molecule has 0 amide bonds. The summed E-state index contributed by atoms with van der Waals surface area (Å²) in [5, 5.41) is 4.61. The van der Waals surface area contributed by atoms with Crippen LogP contribution in [0.1, 0.15) is 27.2 Å². The predicted octanol–water partition coefficient (Wildman–Crippen LogP) is 6.39. The molecule has 0 aliphatic carbocycles. The zero-order valence-electron chi connectivity index (χ0n) is 19.1. The van der Waals surface area contributed by atoms with E-state index in [4.69, 9.17) is 4.43 Å². The molecule has 30 heavy (non-hydrogen) atoms. The molecular weight excluding hydrogens is 399 g/mol. The van der Waals surface area contributed by atoms with Crippen LogP contribution in [0.5, 0.6) is 0 Å². The zero-order chi connectivity index (χ0) is 21.7. The first-order valence-corrected chi connectivity index (χ1v) is 15.8. The number of hydrogen-bond acceptors (Lipinski definition) is 1. The summed E-state index contributed by atoms with van der Waals surface area (Å²) in [5.74, 6) is 0. The van der Waals surface area contributed by atoms with Crippen molar-refractivity contribution in [1.29, 1.82) is 0 Å². The molecular formula is C27H36OPSi+. The second kappa shape index (κ2) is 9.60. The van der Waals surface area contributed by atoms with Gasteiger partial charge in [-0.3, -0.25) is 0 Å². The first-order valence-electron chi connectivity index (χ1n) is 11.0. The van der Waals surface area contributed by atoms with Gasteiger partial charge in [-0.1, -0.05) is 75.4 Å². The first-order chi connectivity index (χ1) is 14.3. The van der Waals surface area contributed by atoms with E-state index in [-0.39, 0.29) is 5.04 Å². The third kappa shape index (κ3) is 4.94. The lowest BCUT2D eigenvalue weighted by atomic mass is 10.2. The highest BCUT2D eigenvalue weighted by atomic mass is 31.2. The van der Waals surface area contributed by atoms with Gasteiger partial charge in [-0.05, 0) is 54.5 Å². The van der Waals surface area contributed by atoms with Crippen molar-refractivity contribution in [3.05, 3.63) is 91.0 Å². The molecule has 0 unspecified atom stereocenters. The summed E-state index contributed by atoms with van der Waals surface area (Å²) < 4.78 is 6.55. The molecule has 3 aromatic rings. The van der Waals surface area contributed by atoms with Gasteiger partial charge in [-0.15, -0.1) is 0 Å². The van der Waals surface area contributed by atoms with Crippen molar-refractivity contribution in [1.82, 2.24) is 0 Å². The van der Waals surface area contributed by atoms with Gasteiger partial charge in [-0.25, -0.2) is 0 Å². The molecule has 0 spiro atoms. The zero-order valence-corrected chi connectivity index (χ0v) is 21.0. The van der Waals surface area contributed by atoms with Gasteiger partial charge >= 0.3 is 0 Å². The van der Waals surface area contributed by atoms with Gasteiger partial charge in [0.15, 0.2) is 8.32 Å². The van der Waals surface area contributed by atoms with E-state index in [0.717, 1.165) is 19.2 Å². The minimum Gasteiger partial charge on any atom is -0.417 e. The van der Waals surface area contributed by atoms with Crippen LogP contribution in [-0.2, 0) is 4.43 Å². The van der Waals surface area contributed by atoms with Crippen molar-refractivity contribution in [2.45, 2.75) is 45.3 Å². The fourth-order valence-corrected chi connectivity index (χ4v) is 9.13. The molecule has 158 valence electrons. The van der Waals surface area contributed by atoms with Crippen LogP contribution in [0.15, 0.2) is 91.0 Å². The van der Waals surface area contributed by atoms with Crippen LogP contribution >= 0.6 is 7.26 Å². The average molecular weight is 436 g/mol. The highest BCUT2D eigenvalue weighted by molar-refractivity contribution is 7.95. The number of hydrogen-bond donors (Lipinski definition) is 0. The van der Waals surface area contributed by atoms with Gasteiger partial charge in [0.2, 0.25) is 0 Å². The maximum atomic E-state index is 6.55. The monoisotopic (exact) mass is 435 g/mol. The Morgan fingerprint density at radius 2 is 1.03 bits per heavy atom. The van der Waals surface area contributed by atoms with Crippen LogP contribution in [0.2, 0.25) is 18.1 Å². The van der Waals surface area contributed by atoms with Crippen LogP contribution in [0.4, 0.5) is 0 Å². The molecule has 0 radical (unpaired) electrons. The quantitative estimate of drug-likeness (QED) is 0.226. The first kappa shape index (κ1) is 22.9. The maximum absolute atomic E-state index is 6.55. The molecule has 0 atom stereocenters. The molecule has 0 saturated carbocycles. The summed E-state index contributed by atoms with van der Waals surface area (Å²) in [6, 6.07) is 33.4. The molecule has 0 aromatic heterocycles. The fraction of sp³-hybridized carbons (Fsp3) is 0.333. The highest BCUT2D eigenvalue weighted by Crippen LogP contribution is 2.55. The third-order valence-corrected chi connectivity index (χ3v) is 15.6. The standard InChI is InChI=1S/C27H36OPSi/c1-27(2,3)30(4,5)28-22-15-23-29(24-16-9-6-10-17-24,25-18-11-7-12-19-25)26-20-13-8-14-21-26/h6-14,16-21H,15,22-23H2,1-5H3/q+1. The number of benzene rings is 3. The summed E-state index contributed by atoms with van der Waals surface area (Å²) in [7, 11) is -3.47. The summed E-state index contributed by atoms with van der Waals surface area (Å²) in [6.45, 7) is 12.5. The number of rotatable bonds is 8. The highest BCUT2D eigenvalue weighted by Gasteiger charge is 2.45. The van der Waals surface area contributed by atoms with Crippen molar-refractivity contribution >= 4 is 31.5 Å². The molecule has 0 N–H and O–H groups in total. The largest absolute Gasteiger partial charge is 0.417 e. The van der Waals surface area contributed by atoms with Crippen molar-refractivity contribution in [3.8, 4) is 0 Å². The van der Waals surface area contributed by atoms with Crippen molar-refractivity contribution in [2.75, 3.05) is 12.8 Å². The third-order valence-electron chi connectivity index (χ3n) is 6.50. The van der Waals surface area contributed by atoms with Gasteiger partial charge < -0.3 is 4.43 Å². The molecule has 3 aromatic carbocycles. The molecule has 0 saturated heterocycles.